The molecule has 1 atom stereocenters. The summed E-state index contributed by atoms with van der Waals surface area (Å²) in [5, 5.41) is 8.67. The molecule has 1 aromatic rings. The van der Waals surface area contributed by atoms with Gasteiger partial charge in [0.15, 0.2) is 0 Å². The van der Waals surface area contributed by atoms with Crippen molar-refractivity contribution in [3.8, 4) is 5.75 Å². The molecule has 1 rings (SSSR count). The van der Waals surface area contributed by atoms with Crippen molar-refractivity contribution in [3.05, 3.63) is 29.8 Å². The van der Waals surface area contributed by atoms with E-state index in [1.807, 2.05) is 38.4 Å². The average molecular weight is 251 g/mol. The van der Waals surface area contributed by atoms with E-state index in [0.29, 0.717) is 6.42 Å². The highest BCUT2D eigenvalue weighted by Crippen LogP contribution is 2.25. The van der Waals surface area contributed by atoms with Crippen molar-refractivity contribution in [1.82, 2.24) is 4.90 Å². The first-order valence-corrected chi connectivity index (χ1v) is 6.06. The van der Waals surface area contributed by atoms with Gasteiger partial charge in [-0.15, -0.1) is 0 Å². The number of benzene rings is 1. The molecule has 0 bridgehead atoms. The predicted molar refractivity (Wildman–Crippen MR) is 70.9 cm³/mol. The molecule has 0 aliphatic heterocycles. The van der Waals surface area contributed by atoms with E-state index in [9.17, 15) is 4.79 Å². The van der Waals surface area contributed by atoms with Crippen LogP contribution >= 0.6 is 0 Å². The van der Waals surface area contributed by atoms with Crippen LogP contribution in [0.2, 0.25) is 0 Å². The van der Waals surface area contributed by atoms with Crippen molar-refractivity contribution in [2.24, 2.45) is 0 Å². The van der Waals surface area contributed by atoms with Gasteiger partial charge in [0.05, 0.1) is 7.11 Å². The van der Waals surface area contributed by atoms with E-state index in [1.165, 1.54) is 5.56 Å². The summed E-state index contributed by atoms with van der Waals surface area (Å²) in [5.74, 6) is 0.101. The van der Waals surface area contributed by atoms with Crippen molar-refractivity contribution in [3.63, 3.8) is 0 Å². The summed E-state index contributed by atoms with van der Waals surface area (Å²) in [7, 11) is 5.66. The molecule has 1 unspecified atom stereocenters. The number of carbonyl (C=O) groups is 1. The predicted octanol–water partition coefficient (Wildman–Crippen LogP) is 2.55. The Morgan fingerprint density at radius 3 is 2.39 bits per heavy atom. The Balaban J connectivity index is 2.68. The van der Waals surface area contributed by atoms with Crippen LogP contribution in [0.4, 0.5) is 0 Å². The van der Waals surface area contributed by atoms with Gasteiger partial charge in [-0.2, -0.15) is 0 Å². The maximum absolute atomic E-state index is 10.5. The van der Waals surface area contributed by atoms with Gasteiger partial charge >= 0.3 is 5.97 Å². The number of ether oxygens (including phenoxy) is 1. The third-order valence-electron chi connectivity index (χ3n) is 2.99. The Morgan fingerprint density at radius 2 is 1.94 bits per heavy atom. The van der Waals surface area contributed by atoms with Crippen LogP contribution in [-0.4, -0.2) is 37.2 Å². The summed E-state index contributed by atoms with van der Waals surface area (Å²) in [6, 6.07) is 8.18. The number of hydrogen-bond acceptors (Lipinski definition) is 3. The van der Waals surface area contributed by atoms with E-state index in [4.69, 9.17) is 9.84 Å². The van der Waals surface area contributed by atoms with Crippen LogP contribution in [-0.2, 0) is 4.79 Å². The molecule has 1 aromatic carbocycles. The normalized spacial score (nSPS) is 12.4. The molecule has 0 radical (unpaired) electrons. The summed E-state index contributed by atoms with van der Waals surface area (Å²) in [4.78, 5) is 12.7. The maximum Gasteiger partial charge on any atom is 0.303 e. The minimum Gasteiger partial charge on any atom is -0.497 e. The fraction of sp³-hybridized carbons (Fsp3) is 0.500. The lowest BCUT2D eigenvalue weighted by Gasteiger charge is -2.24. The molecule has 0 heterocycles. The average Bonchev–Trinajstić information content (AvgIpc) is 2.34. The summed E-state index contributed by atoms with van der Waals surface area (Å²) in [5.41, 5.74) is 1.19. The SMILES string of the molecule is COc1ccc(C(CCCC(=O)O)N(C)C)cc1. The second kappa shape index (κ2) is 7.01. The summed E-state index contributed by atoms with van der Waals surface area (Å²) >= 11 is 0. The highest BCUT2D eigenvalue weighted by atomic mass is 16.5. The van der Waals surface area contributed by atoms with Crippen molar-refractivity contribution in [2.45, 2.75) is 25.3 Å². The Bertz CT molecular complexity index is 373. The van der Waals surface area contributed by atoms with Gasteiger partial charge in [-0.25, -0.2) is 0 Å². The van der Waals surface area contributed by atoms with Gasteiger partial charge in [-0.1, -0.05) is 12.1 Å². The van der Waals surface area contributed by atoms with Gasteiger partial charge in [0.25, 0.3) is 0 Å². The molecule has 0 aromatic heterocycles. The highest BCUT2D eigenvalue weighted by Gasteiger charge is 2.14. The minimum absolute atomic E-state index is 0.223. The number of carboxylic acid groups (broad SMARTS) is 1. The largest absolute Gasteiger partial charge is 0.497 e. The second-order valence-corrected chi connectivity index (χ2v) is 4.54. The number of rotatable bonds is 7. The lowest BCUT2D eigenvalue weighted by molar-refractivity contribution is -0.137. The van der Waals surface area contributed by atoms with Crippen LogP contribution in [0.15, 0.2) is 24.3 Å². The molecule has 4 heteroatoms. The first-order valence-electron chi connectivity index (χ1n) is 6.06. The van der Waals surface area contributed by atoms with Crippen molar-refractivity contribution >= 4 is 5.97 Å². The first kappa shape index (κ1) is 14.5. The standard InChI is InChI=1S/C14H21NO3/c1-15(2)13(5-4-6-14(16)17)11-7-9-12(18-3)10-8-11/h7-10,13H,4-6H2,1-3H3,(H,16,17). The Hall–Kier alpha value is -1.55. The van der Waals surface area contributed by atoms with Crippen LogP contribution in [0, 0.1) is 0 Å². The Morgan fingerprint density at radius 1 is 1.33 bits per heavy atom. The fourth-order valence-electron chi connectivity index (χ4n) is 2.00. The van der Waals surface area contributed by atoms with Gasteiger partial charge in [0.2, 0.25) is 0 Å². The number of nitrogens with zero attached hydrogens (tertiary/aromatic N) is 1. The molecule has 0 saturated heterocycles. The van der Waals surface area contributed by atoms with Crippen molar-refractivity contribution in [2.75, 3.05) is 21.2 Å². The first-order chi connectivity index (χ1) is 8.54. The van der Waals surface area contributed by atoms with Crippen LogP contribution < -0.4 is 4.74 Å². The summed E-state index contributed by atoms with van der Waals surface area (Å²) in [6.07, 6.45) is 1.75. The summed E-state index contributed by atoms with van der Waals surface area (Å²) < 4.78 is 5.13. The van der Waals surface area contributed by atoms with Gasteiger partial charge < -0.3 is 14.7 Å². The van der Waals surface area contributed by atoms with E-state index in [1.54, 1.807) is 7.11 Å². The van der Waals surface area contributed by atoms with E-state index >= 15 is 0 Å². The molecule has 0 spiro atoms. The monoisotopic (exact) mass is 251 g/mol. The smallest absolute Gasteiger partial charge is 0.303 e. The zero-order valence-electron chi connectivity index (χ0n) is 11.2. The molecule has 1 N–H and O–H groups in total. The molecule has 0 aliphatic rings. The van der Waals surface area contributed by atoms with Crippen LogP contribution in [0.3, 0.4) is 0 Å². The van der Waals surface area contributed by atoms with E-state index < -0.39 is 5.97 Å². The van der Waals surface area contributed by atoms with E-state index in [2.05, 4.69) is 4.90 Å². The molecule has 0 amide bonds. The van der Waals surface area contributed by atoms with Crippen molar-refractivity contribution < 1.29 is 14.6 Å². The zero-order chi connectivity index (χ0) is 13.5. The molecule has 18 heavy (non-hydrogen) atoms. The van der Waals surface area contributed by atoms with Gasteiger partial charge in [-0.05, 0) is 44.6 Å². The van der Waals surface area contributed by atoms with E-state index in [-0.39, 0.29) is 12.5 Å². The topological polar surface area (TPSA) is 49.8 Å². The lowest BCUT2D eigenvalue weighted by Crippen LogP contribution is -2.20. The molecule has 4 nitrogen and oxygen atoms in total. The number of hydrogen-bond donors (Lipinski definition) is 1. The van der Waals surface area contributed by atoms with Crippen LogP contribution in [0.1, 0.15) is 30.9 Å². The molecular weight excluding hydrogens is 230 g/mol. The van der Waals surface area contributed by atoms with Crippen LogP contribution in [0.5, 0.6) is 5.75 Å². The third kappa shape index (κ3) is 4.37. The Labute approximate surface area is 108 Å². The maximum atomic E-state index is 10.5. The molecule has 0 fully saturated rings. The van der Waals surface area contributed by atoms with Crippen LogP contribution in [0.25, 0.3) is 0 Å². The van der Waals surface area contributed by atoms with Crippen molar-refractivity contribution in [1.29, 1.82) is 0 Å². The fourth-order valence-corrected chi connectivity index (χ4v) is 2.00. The lowest BCUT2D eigenvalue weighted by atomic mass is 10.00. The molecular formula is C14H21NO3. The quantitative estimate of drug-likeness (QED) is 0.809. The van der Waals surface area contributed by atoms with E-state index in [0.717, 1.165) is 12.2 Å². The summed E-state index contributed by atoms with van der Waals surface area (Å²) in [6.45, 7) is 0. The Kier molecular flexibility index (Phi) is 5.65. The highest BCUT2D eigenvalue weighted by molar-refractivity contribution is 5.66. The number of carboxylic acids is 1. The molecule has 100 valence electrons. The number of methoxy groups -OCH3 is 1. The third-order valence-corrected chi connectivity index (χ3v) is 2.99. The van der Waals surface area contributed by atoms with Gasteiger partial charge in [0.1, 0.15) is 5.75 Å². The minimum atomic E-state index is -0.734. The second-order valence-electron chi connectivity index (χ2n) is 4.54. The van der Waals surface area contributed by atoms with Gasteiger partial charge in [-0.3, -0.25) is 4.79 Å². The number of aliphatic carboxylic acids is 1. The molecule has 0 aliphatic carbocycles. The zero-order valence-corrected chi connectivity index (χ0v) is 11.2. The van der Waals surface area contributed by atoms with Gasteiger partial charge in [0, 0.05) is 12.5 Å². The molecule has 0 saturated carbocycles.